The Labute approximate surface area is 263 Å². The number of thioether (sulfide) groups is 1. The van der Waals surface area contributed by atoms with E-state index in [2.05, 4.69) is 23.9 Å². The van der Waals surface area contributed by atoms with E-state index in [0.29, 0.717) is 18.6 Å². The average molecular weight is 632 g/mol. The van der Waals surface area contributed by atoms with Crippen LogP contribution in [0.1, 0.15) is 124 Å². The molecule has 0 aromatic heterocycles. The Bertz CT molecular complexity index is 793. The Morgan fingerprint density at radius 2 is 1.42 bits per heavy atom. The van der Waals surface area contributed by atoms with Gasteiger partial charge >= 0.3 is 17.9 Å². The lowest BCUT2D eigenvalue weighted by molar-refractivity contribution is -0.155. The number of carbonyl (C=O) groups excluding carboxylic acids is 5. The topological polar surface area (TPSA) is 145 Å². The molecule has 3 atom stereocenters. The highest BCUT2D eigenvalue weighted by atomic mass is 32.2. The summed E-state index contributed by atoms with van der Waals surface area (Å²) in [6.07, 6.45) is 13.6. The van der Waals surface area contributed by atoms with Gasteiger partial charge in [0.15, 0.2) is 5.78 Å². The first kappa shape index (κ1) is 40.9. The molecule has 0 aromatic carbocycles. The number of hydrogen-bond acceptors (Lipinski definition) is 10. The number of unbranched alkanes of at least 4 members (excludes halogenated alkanes) is 10. The molecule has 0 aliphatic rings. The van der Waals surface area contributed by atoms with Gasteiger partial charge in [0.25, 0.3) is 0 Å². The van der Waals surface area contributed by atoms with Gasteiger partial charge in [-0.3, -0.25) is 24.0 Å². The Kier molecular flexibility index (Phi) is 26.0. The number of esters is 3. The minimum Gasteiger partial charge on any atom is -0.469 e. The van der Waals surface area contributed by atoms with Gasteiger partial charge in [0.05, 0.1) is 32.1 Å². The summed E-state index contributed by atoms with van der Waals surface area (Å²) in [7, 11) is 1.18. The molecule has 2 N–H and O–H groups in total. The zero-order valence-electron chi connectivity index (χ0n) is 27.0. The largest absolute Gasteiger partial charge is 0.469 e. The van der Waals surface area contributed by atoms with Gasteiger partial charge < -0.3 is 24.6 Å². The maximum absolute atomic E-state index is 12.7. The Morgan fingerprint density at radius 1 is 0.814 bits per heavy atom. The normalized spacial score (nSPS) is 13.0. The number of aliphatic hydroxyl groups excluding tert-OH is 1. The molecule has 0 aliphatic carbocycles. The zero-order chi connectivity index (χ0) is 32.3. The SMILES string of the molecule is CCCCCCCCCCC[C@H](CC(=O)OCCSC[C@H](NC(C)=O)C(=O)C[C@@H](CO)C(=O)OC)OC(=O)CCCCC. The van der Waals surface area contributed by atoms with Gasteiger partial charge in [-0.25, -0.2) is 0 Å². The molecule has 0 bridgehead atoms. The molecule has 11 heteroatoms. The molecule has 0 aromatic rings. The molecule has 250 valence electrons. The number of aliphatic hydroxyl groups is 1. The number of ketones is 1. The van der Waals surface area contributed by atoms with Gasteiger partial charge in [-0.15, -0.1) is 0 Å². The molecule has 0 aliphatic heterocycles. The predicted molar refractivity (Wildman–Crippen MR) is 169 cm³/mol. The van der Waals surface area contributed by atoms with E-state index >= 15 is 0 Å². The second-order valence-electron chi connectivity index (χ2n) is 11.0. The Morgan fingerprint density at radius 3 is 2.00 bits per heavy atom. The highest BCUT2D eigenvalue weighted by molar-refractivity contribution is 7.99. The summed E-state index contributed by atoms with van der Waals surface area (Å²) in [5, 5.41) is 12.0. The van der Waals surface area contributed by atoms with Gasteiger partial charge in [0.2, 0.25) is 5.91 Å². The monoisotopic (exact) mass is 631 g/mol. The summed E-state index contributed by atoms with van der Waals surface area (Å²) in [6, 6.07) is -0.857. The lowest BCUT2D eigenvalue weighted by Gasteiger charge is -2.19. The average Bonchev–Trinajstić information content (AvgIpc) is 2.97. The third kappa shape index (κ3) is 23.0. The minimum atomic E-state index is -0.996. The Hall–Kier alpha value is -2.14. The molecule has 43 heavy (non-hydrogen) atoms. The van der Waals surface area contributed by atoms with Crippen molar-refractivity contribution in [2.24, 2.45) is 5.92 Å². The van der Waals surface area contributed by atoms with Crippen LogP contribution in [0.4, 0.5) is 0 Å². The quantitative estimate of drug-likeness (QED) is 0.0662. The van der Waals surface area contributed by atoms with Crippen LogP contribution in [0.3, 0.4) is 0 Å². The van der Waals surface area contributed by atoms with Gasteiger partial charge in [-0.1, -0.05) is 78.1 Å². The number of hydrogen-bond donors (Lipinski definition) is 2. The highest BCUT2D eigenvalue weighted by Gasteiger charge is 2.27. The number of methoxy groups -OCH3 is 1. The first-order valence-electron chi connectivity index (χ1n) is 16.1. The second-order valence-corrected chi connectivity index (χ2v) is 12.2. The third-order valence-corrected chi connectivity index (χ3v) is 8.07. The molecule has 0 radical (unpaired) electrons. The number of nitrogens with one attached hydrogen (secondary N) is 1. The molecule has 0 spiro atoms. The van der Waals surface area contributed by atoms with Crippen molar-refractivity contribution < 1.29 is 43.3 Å². The summed E-state index contributed by atoms with van der Waals surface area (Å²) >= 11 is 1.31. The van der Waals surface area contributed by atoms with Crippen LogP contribution in [0.25, 0.3) is 0 Å². The van der Waals surface area contributed by atoms with E-state index in [9.17, 15) is 29.1 Å². The van der Waals surface area contributed by atoms with E-state index in [4.69, 9.17) is 9.47 Å². The molecule has 0 rings (SSSR count). The molecule has 0 fully saturated rings. The van der Waals surface area contributed by atoms with Gasteiger partial charge in [0.1, 0.15) is 12.7 Å². The maximum atomic E-state index is 12.7. The van der Waals surface area contributed by atoms with Crippen molar-refractivity contribution in [2.75, 3.05) is 31.8 Å². The standard InChI is InChI=1S/C32H57NO9S/c1-5-7-9-10-11-12-13-14-16-17-27(42-30(37)18-15-8-6-2)22-31(38)41-19-20-43-24-28(33-25(3)35)29(36)21-26(23-34)32(39)40-4/h26-28,34H,5-24H2,1-4H3,(H,33,35)/t26-,27+,28-/m0/s1. The van der Waals surface area contributed by atoms with E-state index in [1.54, 1.807) is 0 Å². The fourth-order valence-corrected chi connectivity index (χ4v) is 5.42. The summed E-state index contributed by atoms with van der Waals surface area (Å²) in [5.41, 5.74) is 0. The van der Waals surface area contributed by atoms with Crippen molar-refractivity contribution in [3.8, 4) is 0 Å². The van der Waals surface area contributed by atoms with Gasteiger partial charge in [0, 0.05) is 31.3 Å². The maximum Gasteiger partial charge on any atom is 0.311 e. The van der Waals surface area contributed by atoms with Gasteiger partial charge in [-0.2, -0.15) is 11.8 Å². The molecule has 1 amide bonds. The lowest BCUT2D eigenvalue weighted by atomic mass is 10.00. The summed E-state index contributed by atoms with van der Waals surface area (Å²) < 4.78 is 15.6. The van der Waals surface area contributed by atoms with Crippen LogP contribution in [0, 0.1) is 5.92 Å². The first-order chi connectivity index (χ1) is 20.7. The number of amides is 1. The zero-order valence-corrected chi connectivity index (χ0v) is 27.8. The number of carbonyl (C=O) groups is 5. The number of Topliss-reactive ketones (excluding diaryl/α,β-unsaturated/α-hetero) is 1. The van der Waals surface area contributed by atoms with Crippen LogP contribution in [0.2, 0.25) is 0 Å². The summed E-state index contributed by atoms with van der Waals surface area (Å²) in [5.74, 6) is -2.61. The fraction of sp³-hybridized carbons (Fsp3) is 0.844. The molecule has 0 saturated carbocycles. The van der Waals surface area contributed by atoms with Crippen LogP contribution < -0.4 is 5.32 Å². The van der Waals surface area contributed by atoms with Crippen molar-refractivity contribution in [3.63, 3.8) is 0 Å². The van der Waals surface area contributed by atoms with E-state index in [1.165, 1.54) is 64.3 Å². The molecule has 0 saturated heterocycles. The van der Waals surface area contributed by atoms with E-state index < -0.39 is 48.3 Å². The van der Waals surface area contributed by atoms with Crippen LogP contribution in [-0.2, 0) is 38.2 Å². The van der Waals surface area contributed by atoms with Crippen molar-refractivity contribution in [3.05, 3.63) is 0 Å². The molecular formula is C32H57NO9S. The summed E-state index contributed by atoms with van der Waals surface area (Å²) in [6.45, 7) is 5.13. The van der Waals surface area contributed by atoms with Crippen LogP contribution in [-0.4, -0.2) is 78.7 Å². The summed E-state index contributed by atoms with van der Waals surface area (Å²) in [4.78, 5) is 60.8. The van der Waals surface area contributed by atoms with Crippen molar-refractivity contribution in [1.29, 1.82) is 0 Å². The number of ether oxygens (including phenoxy) is 3. The second kappa shape index (κ2) is 27.4. The van der Waals surface area contributed by atoms with Gasteiger partial charge in [-0.05, 0) is 19.3 Å². The molecule has 0 heterocycles. The number of rotatable bonds is 28. The van der Waals surface area contributed by atoms with Crippen molar-refractivity contribution in [1.82, 2.24) is 5.32 Å². The fourth-order valence-electron chi connectivity index (χ4n) is 4.54. The lowest BCUT2D eigenvalue weighted by Crippen LogP contribution is -2.43. The smallest absolute Gasteiger partial charge is 0.311 e. The molecule has 10 nitrogen and oxygen atoms in total. The van der Waals surface area contributed by atoms with Crippen LogP contribution in [0.5, 0.6) is 0 Å². The minimum absolute atomic E-state index is 0.00425. The van der Waals surface area contributed by atoms with Crippen molar-refractivity contribution in [2.45, 2.75) is 136 Å². The highest BCUT2D eigenvalue weighted by Crippen LogP contribution is 2.17. The van der Waals surface area contributed by atoms with Crippen molar-refractivity contribution >= 4 is 41.4 Å². The predicted octanol–water partition coefficient (Wildman–Crippen LogP) is 5.31. The van der Waals surface area contributed by atoms with E-state index in [1.807, 2.05) is 0 Å². The van der Waals surface area contributed by atoms with Crippen LogP contribution in [0.15, 0.2) is 0 Å². The van der Waals surface area contributed by atoms with E-state index in [-0.39, 0.29) is 31.2 Å². The Balaban J connectivity index is 4.65. The molecular weight excluding hydrogens is 574 g/mol. The van der Waals surface area contributed by atoms with E-state index in [0.717, 1.165) is 38.5 Å². The third-order valence-electron chi connectivity index (χ3n) is 7.05. The first-order valence-corrected chi connectivity index (χ1v) is 17.2. The molecule has 0 unspecified atom stereocenters. The van der Waals surface area contributed by atoms with Crippen LogP contribution >= 0.6 is 11.8 Å².